The second-order valence-electron chi connectivity index (χ2n) is 4.70. The molecule has 0 aromatic carbocycles. The summed E-state index contributed by atoms with van der Waals surface area (Å²) in [6.45, 7) is 4.21. The van der Waals surface area contributed by atoms with E-state index < -0.39 is 13.0 Å². The fraction of sp³-hybridized carbons (Fsp3) is 0.833. The molecule has 0 aliphatic carbocycles. The Hall–Kier alpha value is -1.12. The summed E-state index contributed by atoms with van der Waals surface area (Å²) in [5, 5.41) is 7.15. The van der Waals surface area contributed by atoms with Crippen LogP contribution in [0.25, 0.3) is 0 Å². The summed E-state index contributed by atoms with van der Waals surface area (Å²) in [7, 11) is 0. The molecule has 0 unspecified atom stereocenters. The van der Waals surface area contributed by atoms with Gasteiger partial charge < -0.3 is 14.6 Å². The predicted molar refractivity (Wildman–Crippen MR) is 67.6 cm³/mol. The number of nitrogens with zero attached hydrogens (tertiary/aromatic N) is 3. The zero-order chi connectivity index (χ0) is 14.2. The molecule has 2 rings (SSSR count). The Morgan fingerprint density at radius 1 is 1.35 bits per heavy atom. The van der Waals surface area contributed by atoms with Crippen LogP contribution in [0.5, 0.6) is 0 Å². The first-order chi connectivity index (χ1) is 9.74. The highest BCUT2D eigenvalue weighted by atomic mass is 19.3. The SMILES string of the molecule is FC(F)COCCc1noc(CN2CCCNCC2)n1. The maximum Gasteiger partial charge on any atom is 0.261 e. The molecule has 6 nitrogen and oxygen atoms in total. The summed E-state index contributed by atoms with van der Waals surface area (Å²) in [5.74, 6) is 1.07. The fourth-order valence-corrected chi connectivity index (χ4v) is 2.04. The van der Waals surface area contributed by atoms with Gasteiger partial charge in [-0.15, -0.1) is 0 Å². The summed E-state index contributed by atoms with van der Waals surface area (Å²) in [6.07, 6.45) is -0.951. The highest BCUT2D eigenvalue weighted by Crippen LogP contribution is 2.05. The Labute approximate surface area is 116 Å². The van der Waals surface area contributed by atoms with Crippen LogP contribution in [0, 0.1) is 0 Å². The molecule has 1 saturated heterocycles. The van der Waals surface area contributed by atoms with Gasteiger partial charge >= 0.3 is 0 Å². The lowest BCUT2D eigenvalue weighted by Gasteiger charge is -2.16. The average molecular weight is 290 g/mol. The fourth-order valence-electron chi connectivity index (χ4n) is 2.04. The molecule has 1 fully saturated rings. The van der Waals surface area contributed by atoms with Crippen molar-refractivity contribution < 1.29 is 18.0 Å². The van der Waals surface area contributed by atoms with Crippen molar-refractivity contribution in [2.24, 2.45) is 0 Å². The largest absolute Gasteiger partial charge is 0.375 e. The van der Waals surface area contributed by atoms with Crippen LogP contribution in [0.1, 0.15) is 18.1 Å². The van der Waals surface area contributed by atoms with Crippen LogP contribution < -0.4 is 5.32 Å². The van der Waals surface area contributed by atoms with E-state index in [0.717, 1.165) is 32.6 Å². The van der Waals surface area contributed by atoms with Gasteiger partial charge in [-0.25, -0.2) is 8.78 Å². The molecule has 0 radical (unpaired) electrons. The van der Waals surface area contributed by atoms with Crippen LogP contribution in [-0.2, 0) is 17.7 Å². The van der Waals surface area contributed by atoms with Crippen molar-refractivity contribution in [3.8, 4) is 0 Å². The van der Waals surface area contributed by atoms with Crippen molar-refractivity contribution in [1.29, 1.82) is 0 Å². The van der Waals surface area contributed by atoms with Crippen LogP contribution in [0.2, 0.25) is 0 Å². The van der Waals surface area contributed by atoms with Crippen LogP contribution in [0.15, 0.2) is 4.52 Å². The number of rotatable bonds is 7. The van der Waals surface area contributed by atoms with Crippen LogP contribution in [-0.4, -0.2) is 60.9 Å². The Balaban J connectivity index is 1.71. The Morgan fingerprint density at radius 3 is 3.10 bits per heavy atom. The monoisotopic (exact) mass is 290 g/mol. The Kier molecular flexibility index (Phi) is 6.28. The van der Waals surface area contributed by atoms with Gasteiger partial charge in [0.25, 0.3) is 6.43 Å². The number of hydrogen-bond acceptors (Lipinski definition) is 6. The number of nitrogens with one attached hydrogen (secondary N) is 1. The molecule has 114 valence electrons. The van der Waals surface area contributed by atoms with E-state index in [4.69, 9.17) is 9.26 Å². The second-order valence-corrected chi connectivity index (χ2v) is 4.70. The van der Waals surface area contributed by atoms with E-state index in [0.29, 0.717) is 24.7 Å². The normalized spacial score (nSPS) is 17.6. The first kappa shape index (κ1) is 15.3. The van der Waals surface area contributed by atoms with Crippen LogP contribution in [0.3, 0.4) is 0 Å². The van der Waals surface area contributed by atoms with Gasteiger partial charge in [0.1, 0.15) is 6.61 Å². The van der Waals surface area contributed by atoms with E-state index in [1.807, 2.05) is 0 Å². The van der Waals surface area contributed by atoms with Gasteiger partial charge in [0.15, 0.2) is 5.82 Å². The van der Waals surface area contributed by atoms with Crippen molar-refractivity contribution in [3.63, 3.8) is 0 Å². The quantitative estimate of drug-likeness (QED) is 0.745. The maximum absolute atomic E-state index is 11.9. The zero-order valence-corrected chi connectivity index (χ0v) is 11.4. The molecular weight excluding hydrogens is 270 g/mol. The number of halogens is 2. The third-order valence-electron chi connectivity index (χ3n) is 3.02. The minimum Gasteiger partial charge on any atom is -0.375 e. The summed E-state index contributed by atoms with van der Waals surface area (Å²) in [4.78, 5) is 6.50. The second kappa shape index (κ2) is 8.23. The molecule has 1 N–H and O–H groups in total. The molecule has 1 aliphatic heterocycles. The first-order valence-electron chi connectivity index (χ1n) is 6.84. The molecule has 8 heteroatoms. The van der Waals surface area contributed by atoms with Crippen molar-refractivity contribution >= 4 is 0 Å². The lowest BCUT2D eigenvalue weighted by Crippen LogP contribution is -2.27. The summed E-state index contributed by atoms with van der Waals surface area (Å²) >= 11 is 0. The molecule has 1 aromatic heterocycles. The highest BCUT2D eigenvalue weighted by Gasteiger charge is 2.13. The molecule has 20 heavy (non-hydrogen) atoms. The molecule has 0 spiro atoms. The third kappa shape index (κ3) is 5.48. The lowest BCUT2D eigenvalue weighted by atomic mass is 10.4. The smallest absolute Gasteiger partial charge is 0.261 e. The summed E-state index contributed by atoms with van der Waals surface area (Å²) in [6, 6.07) is 0. The third-order valence-corrected chi connectivity index (χ3v) is 3.02. The maximum atomic E-state index is 11.9. The van der Waals surface area contributed by atoms with Gasteiger partial charge in [-0.1, -0.05) is 5.16 Å². The molecule has 0 saturated carbocycles. The summed E-state index contributed by atoms with van der Waals surface area (Å²) in [5.41, 5.74) is 0. The van der Waals surface area contributed by atoms with E-state index in [1.165, 1.54) is 0 Å². The number of hydrogen-bond donors (Lipinski definition) is 1. The molecule has 0 bridgehead atoms. The first-order valence-corrected chi connectivity index (χ1v) is 6.84. The molecule has 0 atom stereocenters. The van der Waals surface area contributed by atoms with E-state index in [9.17, 15) is 8.78 Å². The molecular formula is C12H20F2N4O2. The molecule has 1 aromatic rings. The lowest BCUT2D eigenvalue weighted by molar-refractivity contribution is 0.0182. The van der Waals surface area contributed by atoms with E-state index in [-0.39, 0.29) is 6.61 Å². The van der Waals surface area contributed by atoms with E-state index in [1.54, 1.807) is 0 Å². The minimum atomic E-state index is -2.44. The zero-order valence-electron chi connectivity index (χ0n) is 11.4. The van der Waals surface area contributed by atoms with Gasteiger partial charge in [0.2, 0.25) is 5.89 Å². The average Bonchev–Trinajstić information content (AvgIpc) is 2.69. The number of ether oxygens (including phenoxy) is 1. The van der Waals surface area contributed by atoms with Crippen molar-refractivity contribution in [3.05, 3.63) is 11.7 Å². The summed E-state index contributed by atoms with van der Waals surface area (Å²) < 4.78 is 33.7. The highest BCUT2D eigenvalue weighted by molar-refractivity contribution is 4.87. The topological polar surface area (TPSA) is 63.4 Å². The van der Waals surface area contributed by atoms with Crippen molar-refractivity contribution in [2.75, 3.05) is 39.4 Å². The Morgan fingerprint density at radius 2 is 2.25 bits per heavy atom. The van der Waals surface area contributed by atoms with Gasteiger partial charge in [-0.05, 0) is 19.5 Å². The van der Waals surface area contributed by atoms with Crippen LogP contribution in [0.4, 0.5) is 8.78 Å². The number of alkyl halides is 2. The van der Waals surface area contributed by atoms with Gasteiger partial charge in [-0.3, -0.25) is 4.90 Å². The van der Waals surface area contributed by atoms with E-state index in [2.05, 4.69) is 20.4 Å². The van der Waals surface area contributed by atoms with E-state index >= 15 is 0 Å². The van der Waals surface area contributed by atoms with Gasteiger partial charge in [-0.2, -0.15) is 4.98 Å². The Bertz CT molecular complexity index is 381. The molecule has 1 aliphatic rings. The van der Waals surface area contributed by atoms with Crippen LogP contribution >= 0.6 is 0 Å². The molecule has 2 heterocycles. The predicted octanol–water partition coefficient (Wildman–Crippen LogP) is 0.689. The van der Waals surface area contributed by atoms with Gasteiger partial charge in [0, 0.05) is 19.5 Å². The van der Waals surface area contributed by atoms with Crippen molar-refractivity contribution in [2.45, 2.75) is 25.8 Å². The van der Waals surface area contributed by atoms with Crippen molar-refractivity contribution in [1.82, 2.24) is 20.4 Å². The van der Waals surface area contributed by atoms with Gasteiger partial charge in [0.05, 0.1) is 13.2 Å². The number of aromatic nitrogens is 2. The molecule has 0 amide bonds. The standard InChI is InChI=1S/C12H20F2N4O2/c13-10(14)9-19-7-2-11-16-12(20-17-11)8-18-5-1-3-15-4-6-18/h10,15H,1-9H2. The minimum absolute atomic E-state index is 0.178.